The molecule has 2 aromatic rings. The molecular weight excluding hydrogens is 316 g/mol. The molecule has 22 heavy (non-hydrogen) atoms. The summed E-state index contributed by atoms with van der Waals surface area (Å²) in [5.74, 6) is 1.75. The Morgan fingerprint density at radius 2 is 2.05 bits per heavy atom. The number of thiophene rings is 1. The number of carbonyl (C=O) groups is 1. The van der Waals surface area contributed by atoms with E-state index in [4.69, 9.17) is 4.74 Å². The fourth-order valence-electron chi connectivity index (χ4n) is 2.37. The molecule has 6 heteroatoms. The molecule has 1 saturated heterocycles. The summed E-state index contributed by atoms with van der Waals surface area (Å²) in [5, 5.41) is 3.09. The lowest BCUT2D eigenvalue weighted by atomic mass is 10.3. The molecule has 4 nitrogen and oxygen atoms in total. The third-order valence-corrected chi connectivity index (χ3v) is 5.94. The highest BCUT2D eigenvalue weighted by Gasteiger charge is 2.31. The van der Waals surface area contributed by atoms with E-state index in [0.29, 0.717) is 0 Å². The highest BCUT2D eigenvalue weighted by Crippen LogP contribution is 2.41. The van der Waals surface area contributed by atoms with Crippen LogP contribution in [0.3, 0.4) is 0 Å². The van der Waals surface area contributed by atoms with Crippen molar-refractivity contribution >= 4 is 34.8 Å². The zero-order valence-electron chi connectivity index (χ0n) is 12.5. The second-order valence-corrected chi connectivity index (χ2v) is 7.53. The van der Waals surface area contributed by atoms with Crippen LogP contribution < -0.4 is 10.1 Å². The van der Waals surface area contributed by atoms with Crippen LogP contribution in [0.25, 0.3) is 0 Å². The third-order valence-electron chi connectivity index (χ3n) is 3.50. The van der Waals surface area contributed by atoms with Crippen molar-refractivity contribution in [1.82, 2.24) is 4.90 Å². The molecule has 0 aliphatic carbocycles. The van der Waals surface area contributed by atoms with E-state index >= 15 is 0 Å². The van der Waals surface area contributed by atoms with Crippen molar-refractivity contribution in [1.29, 1.82) is 0 Å². The largest absolute Gasteiger partial charge is 0.497 e. The van der Waals surface area contributed by atoms with Gasteiger partial charge in [0.25, 0.3) is 0 Å². The van der Waals surface area contributed by atoms with Gasteiger partial charge in [-0.3, -0.25) is 0 Å². The first kappa shape index (κ1) is 15.2. The average Bonchev–Trinajstić information content (AvgIpc) is 3.16. The lowest BCUT2D eigenvalue weighted by molar-refractivity contribution is 0.215. The molecule has 1 aromatic carbocycles. The summed E-state index contributed by atoms with van der Waals surface area (Å²) in [7, 11) is 1.63. The van der Waals surface area contributed by atoms with Crippen molar-refractivity contribution in [2.24, 2.45) is 0 Å². The highest BCUT2D eigenvalue weighted by molar-refractivity contribution is 7.99. The number of ether oxygens (including phenoxy) is 1. The Hall–Kier alpha value is -1.66. The number of urea groups is 1. The maximum atomic E-state index is 12.5. The zero-order valence-corrected chi connectivity index (χ0v) is 14.2. The van der Waals surface area contributed by atoms with Crippen LogP contribution in [0.1, 0.15) is 15.1 Å². The van der Waals surface area contributed by atoms with Crippen LogP contribution in [-0.2, 0) is 0 Å². The summed E-state index contributed by atoms with van der Waals surface area (Å²) in [5.41, 5.74) is 0.781. The van der Waals surface area contributed by atoms with Gasteiger partial charge in [-0.15, -0.1) is 23.1 Å². The number of aryl methyl sites for hydroxylation is 1. The number of hydrogen-bond acceptors (Lipinski definition) is 4. The summed E-state index contributed by atoms with van der Waals surface area (Å²) in [6.45, 7) is 2.86. The van der Waals surface area contributed by atoms with Crippen LogP contribution in [-0.4, -0.2) is 30.3 Å². The van der Waals surface area contributed by atoms with Crippen LogP contribution >= 0.6 is 23.1 Å². The number of nitrogens with zero attached hydrogens (tertiary/aromatic N) is 1. The summed E-state index contributed by atoms with van der Waals surface area (Å²) in [4.78, 5) is 17.0. The summed E-state index contributed by atoms with van der Waals surface area (Å²) in [6.07, 6.45) is 0. The fourth-order valence-corrected chi connectivity index (χ4v) is 4.74. The first-order valence-electron chi connectivity index (χ1n) is 7.07. The van der Waals surface area contributed by atoms with Gasteiger partial charge in [0.1, 0.15) is 11.1 Å². The summed E-state index contributed by atoms with van der Waals surface area (Å²) in [6, 6.07) is 11.6. The molecule has 1 fully saturated rings. The maximum Gasteiger partial charge on any atom is 0.323 e. The summed E-state index contributed by atoms with van der Waals surface area (Å²) < 4.78 is 5.13. The number of methoxy groups -OCH3 is 1. The predicted octanol–water partition coefficient (Wildman–Crippen LogP) is 4.34. The molecular formula is C16H18N2O2S2. The molecule has 0 radical (unpaired) electrons. The Morgan fingerprint density at radius 3 is 2.68 bits per heavy atom. The van der Waals surface area contributed by atoms with Crippen molar-refractivity contribution < 1.29 is 9.53 Å². The number of benzene rings is 1. The molecule has 0 saturated carbocycles. The molecule has 1 aromatic heterocycles. The van der Waals surface area contributed by atoms with E-state index in [1.165, 1.54) is 9.75 Å². The summed E-state index contributed by atoms with van der Waals surface area (Å²) >= 11 is 3.58. The first-order valence-corrected chi connectivity index (χ1v) is 8.93. The normalized spacial score (nSPS) is 17.5. The number of hydrogen-bond donors (Lipinski definition) is 1. The minimum atomic E-state index is -0.0498. The van der Waals surface area contributed by atoms with Crippen LogP contribution in [0.15, 0.2) is 36.4 Å². The van der Waals surface area contributed by atoms with Gasteiger partial charge in [-0.25, -0.2) is 4.79 Å². The van der Waals surface area contributed by atoms with Crippen LogP contribution in [0.4, 0.5) is 10.5 Å². The van der Waals surface area contributed by atoms with Crippen molar-refractivity contribution in [3.8, 4) is 5.75 Å². The van der Waals surface area contributed by atoms with Crippen LogP contribution in [0.2, 0.25) is 0 Å². The van der Waals surface area contributed by atoms with E-state index in [0.717, 1.165) is 23.7 Å². The number of rotatable bonds is 3. The molecule has 3 rings (SSSR count). The average molecular weight is 334 g/mol. The second-order valence-electron chi connectivity index (χ2n) is 5.02. The number of amides is 2. The Labute approximate surface area is 138 Å². The molecule has 2 heterocycles. The SMILES string of the molecule is COc1ccc(NC(=O)N2CCS[C@H]2c2ccc(C)s2)cc1. The van der Waals surface area contributed by atoms with E-state index in [-0.39, 0.29) is 11.4 Å². The zero-order chi connectivity index (χ0) is 15.5. The quantitative estimate of drug-likeness (QED) is 0.907. The lowest BCUT2D eigenvalue weighted by Gasteiger charge is -2.23. The lowest BCUT2D eigenvalue weighted by Crippen LogP contribution is -2.34. The molecule has 0 bridgehead atoms. The van der Waals surface area contributed by atoms with Crippen molar-refractivity contribution in [3.63, 3.8) is 0 Å². The van der Waals surface area contributed by atoms with Gasteiger partial charge in [0, 0.05) is 27.7 Å². The van der Waals surface area contributed by atoms with E-state index in [1.54, 1.807) is 18.4 Å². The van der Waals surface area contributed by atoms with Gasteiger partial charge in [0.05, 0.1) is 7.11 Å². The van der Waals surface area contributed by atoms with Crippen LogP contribution in [0, 0.1) is 6.92 Å². The third kappa shape index (κ3) is 3.23. The number of carbonyl (C=O) groups excluding carboxylic acids is 1. The number of anilines is 1. The molecule has 0 spiro atoms. The van der Waals surface area contributed by atoms with Crippen molar-refractivity contribution in [2.45, 2.75) is 12.3 Å². The molecule has 1 atom stereocenters. The van der Waals surface area contributed by atoms with Crippen molar-refractivity contribution in [2.75, 3.05) is 24.7 Å². The Morgan fingerprint density at radius 1 is 1.27 bits per heavy atom. The smallest absolute Gasteiger partial charge is 0.323 e. The predicted molar refractivity (Wildman–Crippen MR) is 93.0 cm³/mol. The monoisotopic (exact) mass is 334 g/mol. The van der Waals surface area contributed by atoms with Crippen molar-refractivity contribution in [3.05, 3.63) is 46.2 Å². The van der Waals surface area contributed by atoms with Gasteiger partial charge in [-0.1, -0.05) is 0 Å². The maximum absolute atomic E-state index is 12.5. The van der Waals surface area contributed by atoms with Crippen LogP contribution in [0.5, 0.6) is 5.75 Å². The molecule has 1 aliphatic rings. The molecule has 0 unspecified atom stereocenters. The molecule has 116 valence electrons. The highest BCUT2D eigenvalue weighted by atomic mass is 32.2. The molecule has 2 amide bonds. The van der Waals surface area contributed by atoms with Gasteiger partial charge in [0.2, 0.25) is 0 Å². The van der Waals surface area contributed by atoms with E-state index in [2.05, 4.69) is 24.4 Å². The molecule has 1 aliphatic heterocycles. The minimum Gasteiger partial charge on any atom is -0.497 e. The van der Waals surface area contributed by atoms with Gasteiger partial charge in [0.15, 0.2) is 0 Å². The Kier molecular flexibility index (Phi) is 4.59. The standard InChI is InChI=1S/C16H18N2O2S2/c1-11-3-8-14(22-11)15-18(9-10-21-15)16(19)17-12-4-6-13(20-2)7-5-12/h3-8,15H,9-10H2,1-2H3,(H,17,19)/t15-/m0/s1. The van der Waals surface area contributed by atoms with Gasteiger partial charge < -0.3 is 15.0 Å². The van der Waals surface area contributed by atoms with Gasteiger partial charge >= 0.3 is 6.03 Å². The topological polar surface area (TPSA) is 41.6 Å². The Balaban J connectivity index is 1.70. The van der Waals surface area contributed by atoms with E-state index in [9.17, 15) is 4.79 Å². The van der Waals surface area contributed by atoms with E-state index < -0.39 is 0 Å². The first-order chi connectivity index (χ1) is 10.7. The van der Waals surface area contributed by atoms with Gasteiger partial charge in [-0.2, -0.15) is 0 Å². The fraction of sp³-hybridized carbons (Fsp3) is 0.312. The second kappa shape index (κ2) is 6.62. The van der Waals surface area contributed by atoms with E-state index in [1.807, 2.05) is 40.9 Å². The minimum absolute atomic E-state index is 0.0498. The number of thioether (sulfide) groups is 1. The number of nitrogens with one attached hydrogen (secondary N) is 1. The Bertz CT molecular complexity index is 654. The molecule has 1 N–H and O–H groups in total. The van der Waals surface area contributed by atoms with Gasteiger partial charge in [-0.05, 0) is 43.3 Å².